The van der Waals surface area contributed by atoms with Crippen LogP contribution in [0.15, 0.2) is 16.3 Å². The fraction of sp³-hybridized carbons (Fsp3) is 0.636. The molecule has 0 spiro atoms. The molecule has 1 aliphatic rings. The van der Waals surface area contributed by atoms with Crippen molar-refractivity contribution in [3.05, 3.63) is 16.3 Å². The second kappa shape index (κ2) is 5.06. The average molecular weight is 275 g/mol. The first-order valence-electron chi connectivity index (χ1n) is 5.74. The van der Waals surface area contributed by atoms with E-state index in [1.807, 2.05) is 0 Å². The Balaban J connectivity index is 2.19. The number of hydrogen-bond donors (Lipinski definition) is 2. The van der Waals surface area contributed by atoms with E-state index < -0.39 is 10.0 Å². The number of rotatable bonds is 4. The zero-order valence-corrected chi connectivity index (χ0v) is 11.4. The minimum atomic E-state index is -3.48. The first-order valence-corrected chi connectivity index (χ1v) is 8.10. The molecule has 2 unspecified atom stereocenters. The van der Waals surface area contributed by atoms with Crippen LogP contribution >= 0.6 is 11.3 Å². The van der Waals surface area contributed by atoms with Gasteiger partial charge in [0.2, 0.25) is 10.0 Å². The zero-order valence-electron chi connectivity index (χ0n) is 9.72. The van der Waals surface area contributed by atoms with Crippen LogP contribution in [0.5, 0.6) is 0 Å². The lowest BCUT2D eigenvalue weighted by atomic mass is 10.1. The molecule has 96 valence electrons. The van der Waals surface area contributed by atoms with E-state index in [1.54, 1.807) is 11.4 Å². The van der Waals surface area contributed by atoms with E-state index in [0.29, 0.717) is 10.8 Å². The largest absolute Gasteiger partial charge is 0.391 e. The first-order chi connectivity index (χ1) is 8.04. The van der Waals surface area contributed by atoms with Crippen molar-refractivity contribution in [3.8, 4) is 0 Å². The summed E-state index contributed by atoms with van der Waals surface area (Å²) in [7, 11) is -3.48. The average Bonchev–Trinajstić information content (AvgIpc) is 2.88. The van der Waals surface area contributed by atoms with Crippen LogP contribution in [0, 0.1) is 5.92 Å². The van der Waals surface area contributed by atoms with Crippen LogP contribution in [0.1, 0.15) is 31.1 Å². The van der Waals surface area contributed by atoms with Gasteiger partial charge in [0.15, 0.2) is 0 Å². The summed E-state index contributed by atoms with van der Waals surface area (Å²) >= 11 is 1.27. The van der Waals surface area contributed by atoms with Gasteiger partial charge in [0.1, 0.15) is 0 Å². The van der Waals surface area contributed by atoms with E-state index in [1.165, 1.54) is 11.3 Å². The van der Waals surface area contributed by atoms with Crippen molar-refractivity contribution in [1.29, 1.82) is 0 Å². The van der Waals surface area contributed by atoms with E-state index in [4.69, 9.17) is 5.11 Å². The molecule has 1 aliphatic carbocycles. The van der Waals surface area contributed by atoms with Gasteiger partial charge in [-0.15, -0.1) is 11.3 Å². The van der Waals surface area contributed by atoms with E-state index in [-0.39, 0.29) is 17.5 Å². The van der Waals surface area contributed by atoms with E-state index in [9.17, 15) is 8.42 Å². The lowest BCUT2D eigenvalue weighted by Crippen LogP contribution is -2.36. The summed E-state index contributed by atoms with van der Waals surface area (Å²) in [5.74, 6) is 0.390. The third kappa shape index (κ3) is 2.70. The number of aliphatic hydroxyl groups is 1. The molecule has 1 aromatic heterocycles. The Kier molecular flexibility index (Phi) is 3.87. The van der Waals surface area contributed by atoms with Gasteiger partial charge in [0, 0.05) is 10.9 Å². The second-order valence-corrected chi connectivity index (χ2v) is 7.19. The first kappa shape index (κ1) is 13.0. The summed E-state index contributed by atoms with van der Waals surface area (Å²) in [6, 6.07) is 1.59. The molecule has 0 aromatic carbocycles. The highest BCUT2D eigenvalue weighted by Crippen LogP contribution is 2.28. The number of sulfonamides is 1. The van der Waals surface area contributed by atoms with Gasteiger partial charge in [0.25, 0.3) is 0 Å². The maximum absolute atomic E-state index is 12.2. The molecule has 2 atom stereocenters. The minimum absolute atomic E-state index is 0.0337. The van der Waals surface area contributed by atoms with Crippen molar-refractivity contribution in [2.45, 2.75) is 43.7 Å². The van der Waals surface area contributed by atoms with Crippen LogP contribution in [0.3, 0.4) is 0 Å². The molecular weight excluding hydrogens is 258 g/mol. The molecule has 4 nitrogen and oxygen atoms in total. The molecule has 17 heavy (non-hydrogen) atoms. The quantitative estimate of drug-likeness (QED) is 0.879. The fourth-order valence-corrected chi connectivity index (χ4v) is 4.94. The molecule has 6 heteroatoms. The summed E-state index contributed by atoms with van der Waals surface area (Å²) in [5, 5.41) is 10.8. The van der Waals surface area contributed by atoms with E-state index in [2.05, 4.69) is 11.6 Å². The van der Waals surface area contributed by atoms with Gasteiger partial charge in [0.05, 0.1) is 11.5 Å². The van der Waals surface area contributed by atoms with Gasteiger partial charge < -0.3 is 5.11 Å². The lowest BCUT2D eigenvalue weighted by Gasteiger charge is -2.17. The monoisotopic (exact) mass is 275 g/mol. The molecule has 0 radical (unpaired) electrons. The fourth-order valence-electron chi connectivity index (χ4n) is 2.27. The summed E-state index contributed by atoms with van der Waals surface area (Å²) in [6.07, 6.45) is 3.05. The molecule has 1 aromatic rings. The SMILES string of the molecule is CC1CCCC1NS(=O)(=O)c1ccsc1CO. The maximum Gasteiger partial charge on any atom is 0.242 e. The molecule has 0 amide bonds. The Hall–Kier alpha value is -0.430. The summed E-state index contributed by atoms with van der Waals surface area (Å²) in [5.41, 5.74) is 0. The lowest BCUT2D eigenvalue weighted by molar-refractivity contribution is 0.282. The summed E-state index contributed by atoms with van der Waals surface area (Å²) in [6.45, 7) is 1.84. The normalized spacial score (nSPS) is 25.3. The molecule has 1 saturated carbocycles. The Morgan fingerprint density at radius 1 is 1.53 bits per heavy atom. The number of thiophene rings is 1. The van der Waals surface area contributed by atoms with Crippen molar-refractivity contribution in [2.24, 2.45) is 5.92 Å². The zero-order chi connectivity index (χ0) is 12.5. The molecule has 0 bridgehead atoms. The Labute approximate surface area is 106 Å². The van der Waals surface area contributed by atoms with Gasteiger partial charge in [-0.3, -0.25) is 0 Å². The molecular formula is C11H17NO3S2. The van der Waals surface area contributed by atoms with Crippen LogP contribution in [0.4, 0.5) is 0 Å². The third-order valence-electron chi connectivity index (χ3n) is 3.31. The smallest absolute Gasteiger partial charge is 0.242 e. The number of aliphatic hydroxyl groups excluding tert-OH is 1. The number of hydrogen-bond acceptors (Lipinski definition) is 4. The molecule has 2 rings (SSSR count). The summed E-state index contributed by atoms with van der Waals surface area (Å²) < 4.78 is 27.1. The molecule has 1 fully saturated rings. The van der Waals surface area contributed by atoms with Gasteiger partial charge in [-0.05, 0) is 30.2 Å². The van der Waals surface area contributed by atoms with Crippen molar-refractivity contribution in [2.75, 3.05) is 0 Å². The molecule has 2 N–H and O–H groups in total. The highest BCUT2D eigenvalue weighted by molar-refractivity contribution is 7.89. The topological polar surface area (TPSA) is 66.4 Å². The van der Waals surface area contributed by atoms with Crippen molar-refractivity contribution < 1.29 is 13.5 Å². The van der Waals surface area contributed by atoms with Crippen molar-refractivity contribution in [3.63, 3.8) is 0 Å². The van der Waals surface area contributed by atoms with Gasteiger partial charge in [-0.25, -0.2) is 13.1 Å². The Morgan fingerprint density at radius 2 is 2.29 bits per heavy atom. The van der Waals surface area contributed by atoms with Gasteiger partial charge >= 0.3 is 0 Å². The van der Waals surface area contributed by atoms with Crippen molar-refractivity contribution in [1.82, 2.24) is 4.72 Å². The van der Waals surface area contributed by atoms with Crippen LogP contribution in [-0.2, 0) is 16.6 Å². The van der Waals surface area contributed by atoms with Crippen molar-refractivity contribution >= 4 is 21.4 Å². The summed E-state index contributed by atoms with van der Waals surface area (Å²) in [4.78, 5) is 0.729. The van der Waals surface area contributed by atoms with E-state index in [0.717, 1.165) is 19.3 Å². The highest BCUT2D eigenvalue weighted by atomic mass is 32.2. The highest BCUT2D eigenvalue weighted by Gasteiger charge is 2.29. The maximum atomic E-state index is 12.2. The Bertz CT molecular complexity index is 481. The molecule has 1 heterocycles. The standard InChI is InChI=1S/C11H17NO3S2/c1-8-3-2-4-9(8)12-17(14,15)11-5-6-16-10(11)7-13/h5-6,8-9,12-13H,2-4,7H2,1H3. The predicted molar refractivity (Wildman–Crippen MR) is 67.4 cm³/mol. The van der Waals surface area contributed by atoms with Crippen LogP contribution in [0.2, 0.25) is 0 Å². The second-order valence-electron chi connectivity index (χ2n) is 4.50. The predicted octanol–water partition coefficient (Wildman–Crippen LogP) is 1.71. The van der Waals surface area contributed by atoms with E-state index >= 15 is 0 Å². The van der Waals surface area contributed by atoms with Crippen LogP contribution in [-0.4, -0.2) is 19.6 Å². The van der Waals surface area contributed by atoms with Gasteiger partial charge in [-0.1, -0.05) is 13.3 Å². The Morgan fingerprint density at radius 3 is 2.88 bits per heavy atom. The third-order valence-corrected chi connectivity index (χ3v) is 5.92. The van der Waals surface area contributed by atoms with Crippen LogP contribution < -0.4 is 4.72 Å². The minimum Gasteiger partial charge on any atom is -0.391 e. The van der Waals surface area contributed by atoms with Gasteiger partial charge in [-0.2, -0.15) is 0 Å². The van der Waals surface area contributed by atoms with Crippen LogP contribution in [0.25, 0.3) is 0 Å². The number of nitrogens with one attached hydrogen (secondary N) is 1. The molecule has 0 aliphatic heterocycles. The molecule has 0 saturated heterocycles.